The monoisotopic (exact) mass is 284 g/mol. The quantitative estimate of drug-likeness (QED) is 0.514. The fraction of sp³-hybridized carbons (Fsp3) is 0.0833. The third-order valence-corrected chi connectivity index (χ3v) is 3.32. The molecule has 0 radical (unpaired) electrons. The molecule has 0 aliphatic rings. The Hall–Kier alpha value is -1.99. The summed E-state index contributed by atoms with van der Waals surface area (Å²) in [4.78, 5) is 11.8. The number of nitrogens with two attached hydrogens (primary N) is 1. The van der Waals surface area contributed by atoms with Gasteiger partial charge < -0.3 is 4.74 Å². The first-order chi connectivity index (χ1) is 9.11. The van der Waals surface area contributed by atoms with Gasteiger partial charge in [-0.1, -0.05) is 0 Å². The number of ether oxygens (including phenoxy) is 1. The summed E-state index contributed by atoms with van der Waals surface area (Å²) in [5.74, 6) is 2.90. The van der Waals surface area contributed by atoms with E-state index >= 15 is 0 Å². The summed E-state index contributed by atoms with van der Waals surface area (Å²) in [6.07, 6.45) is 0. The summed E-state index contributed by atoms with van der Waals surface area (Å²) in [7, 11) is 0. The van der Waals surface area contributed by atoms with Crippen LogP contribution in [0.15, 0.2) is 29.6 Å². The van der Waals surface area contributed by atoms with E-state index < -0.39 is 17.5 Å². The van der Waals surface area contributed by atoms with Gasteiger partial charge in [0.2, 0.25) is 0 Å². The first-order valence-electron chi connectivity index (χ1n) is 5.27. The van der Waals surface area contributed by atoms with Crippen molar-refractivity contribution in [3.63, 3.8) is 0 Å². The minimum absolute atomic E-state index is 0.0668. The lowest BCUT2D eigenvalue weighted by Crippen LogP contribution is -2.30. The van der Waals surface area contributed by atoms with Crippen molar-refractivity contribution < 1.29 is 18.3 Å². The van der Waals surface area contributed by atoms with Gasteiger partial charge in [-0.25, -0.2) is 14.6 Å². The number of thiophene rings is 1. The Morgan fingerprint density at radius 1 is 1.32 bits per heavy atom. The van der Waals surface area contributed by atoms with Crippen LogP contribution in [0.5, 0.6) is 5.75 Å². The Bertz CT molecular complexity index is 601. The highest BCUT2D eigenvalue weighted by Crippen LogP contribution is 2.20. The molecule has 0 saturated carbocycles. The first kappa shape index (κ1) is 13.4. The van der Waals surface area contributed by atoms with Crippen LogP contribution in [0.4, 0.5) is 8.78 Å². The van der Waals surface area contributed by atoms with Crippen molar-refractivity contribution in [2.45, 2.75) is 6.61 Å². The fourth-order valence-electron chi connectivity index (χ4n) is 1.44. The van der Waals surface area contributed by atoms with Crippen molar-refractivity contribution >= 4 is 17.2 Å². The van der Waals surface area contributed by atoms with Gasteiger partial charge in [0.25, 0.3) is 5.91 Å². The van der Waals surface area contributed by atoms with Crippen LogP contribution in [0.25, 0.3) is 0 Å². The predicted octanol–water partition coefficient (Wildman–Crippen LogP) is 2.21. The number of halogens is 2. The highest BCUT2D eigenvalue weighted by atomic mass is 32.1. The van der Waals surface area contributed by atoms with Crippen molar-refractivity contribution in [3.05, 3.63) is 51.7 Å². The lowest BCUT2D eigenvalue weighted by atomic mass is 10.2. The third kappa shape index (κ3) is 3.07. The van der Waals surface area contributed by atoms with Crippen LogP contribution >= 0.6 is 11.3 Å². The van der Waals surface area contributed by atoms with Crippen LogP contribution in [-0.2, 0) is 6.61 Å². The van der Waals surface area contributed by atoms with Crippen LogP contribution in [0, 0.1) is 11.6 Å². The van der Waals surface area contributed by atoms with Crippen LogP contribution in [0.1, 0.15) is 15.2 Å². The molecule has 1 heterocycles. The summed E-state index contributed by atoms with van der Waals surface area (Å²) >= 11 is 1.22. The number of carbonyl (C=O) groups is 1. The number of hydrogen-bond acceptors (Lipinski definition) is 4. The third-order valence-electron chi connectivity index (χ3n) is 2.37. The lowest BCUT2D eigenvalue weighted by molar-refractivity contribution is 0.0955. The highest BCUT2D eigenvalue weighted by molar-refractivity contribution is 7.12. The molecule has 0 aliphatic heterocycles. The first-order valence-corrected chi connectivity index (χ1v) is 6.15. The van der Waals surface area contributed by atoms with Gasteiger partial charge in [0.1, 0.15) is 12.4 Å². The van der Waals surface area contributed by atoms with Crippen molar-refractivity contribution in [1.29, 1.82) is 0 Å². The lowest BCUT2D eigenvalue weighted by Gasteiger charge is -2.07. The average Bonchev–Trinajstić information content (AvgIpc) is 2.87. The molecule has 1 aromatic carbocycles. The number of hydrogen-bond donors (Lipinski definition) is 2. The molecule has 19 heavy (non-hydrogen) atoms. The standard InChI is InChI=1S/C12H10F2N2O2S/c13-9-2-1-8(5-10(9)14)18-6-7-3-4-19-11(7)12(17)16-15/h1-5H,6,15H2,(H,16,17). The van der Waals surface area contributed by atoms with Gasteiger partial charge in [-0.3, -0.25) is 10.2 Å². The van der Waals surface area contributed by atoms with E-state index in [9.17, 15) is 13.6 Å². The summed E-state index contributed by atoms with van der Waals surface area (Å²) in [6, 6.07) is 4.94. The molecular formula is C12H10F2N2O2S. The molecule has 100 valence electrons. The molecule has 1 amide bonds. The largest absolute Gasteiger partial charge is 0.489 e. The normalized spacial score (nSPS) is 10.3. The maximum absolute atomic E-state index is 13.0. The molecule has 4 nitrogen and oxygen atoms in total. The molecular weight excluding hydrogens is 274 g/mol. The van der Waals surface area contributed by atoms with E-state index in [4.69, 9.17) is 10.6 Å². The van der Waals surface area contributed by atoms with Gasteiger partial charge in [-0.2, -0.15) is 0 Å². The number of hydrazine groups is 1. The molecule has 0 atom stereocenters. The molecule has 2 aromatic rings. The molecule has 2 rings (SSSR count). The SMILES string of the molecule is NNC(=O)c1sccc1COc1ccc(F)c(F)c1. The molecule has 1 aromatic heterocycles. The van der Waals surface area contributed by atoms with Gasteiger partial charge in [0.15, 0.2) is 11.6 Å². The highest BCUT2D eigenvalue weighted by Gasteiger charge is 2.12. The predicted molar refractivity (Wildman–Crippen MR) is 66.7 cm³/mol. The van der Waals surface area contributed by atoms with E-state index in [0.717, 1.165) is 12.1 Å². The smallest absolute Gasteiger partial charge is 0.275 e. The Morgan fingerprint density at radius 2 is 2.11 bits per heavy atom. The van der Waals surface area contributed by atoms with Gasteiger partial charge in [0.05, 0.1) is 4.88 Å². The molecule has 0 unspecified atom stereocenters. The van der Waals surface area contributed by atoms with Crippen molar-refractivity contribution in [2.75, 3.05) is 0 Å². The van der Waals surface area contributed by atoms with Crippen molar-refractivity contribution in [3.8, 4) is 5.75 Å². The zero-order valence-electron chi connectivity index (χ0n) is 9.65. The number of nitrogens with one attached hydrogen (secondary N) is 1. The summed E-state index contributed by atoms with van der Waals surface area (Å²) < 4.78 is 31.0. The van der Waals surface area contributed by atoms with E-state index in [0.29, 0.717) is 10.4 Å². The Labute approximate surface area is 111 Å². The molecule has 3 N–H and O–H groups in total. The van der Waals surface area contributed by atoms with Gasteiger partial charge in [-0.15, -0.1) is 11.3 Å². The second kappa shape index (κ2) is 5.77. The van der Waals surface area contributed by atoms with Gasteiger partial charge in [-0.05, 0) is 23.6 Å². The minimum atomic E-state index is -0.984. The van der Waals surface area contributed by atoms with Gasteiger partial charge in [0, 0.05) is 11.6 Å². The molecule has 0 fully saturated rings. The Kier molecular flexibility index (Phi) is 4.08. The Balaban J connectivity index is 2.08. The van der Waals surface area contributed by atoms with E-state index in [1.54, 1.807) is 11.4 Å². The van der Waals surface area contributed by atoms with E-state index in [-0.39, 0.29) is 12.4 Å². The fourth-order valence-corrected chi connectivity index (χ4v) is 2.25. The zero-order valence-corrected chi connectivity index (χ0v) is 10.5. The average molecular weight is 284 g/mol. The maximum atomic E-state index is 13.0. The van der Waals surface area contributed by atoms with Gasteiger partial charge >= 0.3 is 0 Å². The van der Waals surface area contributed by atoms with Crippen LogP contribution < -0.4 is 16.0 Å². The summed E-state index contributed by atoms with van der Waals surface area (Å²) in [5, 5.41) is 1.72. The molecule has 0 saturated heterocycles. The number of amides is 1. The molecule has 7 heteroatoms. The van der Waals surface area contributed by atoms with E-state index in [1.807, 2.05) is 5.43 Å². The molecule has 0 bridgehead atoms. The number of nitrogen functional groups attached to an aromatic ring is 1. The number of carbonyl (C=O) groups excluding carboxylic acids is 1. The second-order valence-electron chi connectivity index (χ2n) is 3.61. The second-order valence-corrected chi connectivity index (χ2v) is 4.53. The zero-order chi connectivity index (χ0) is 13.8. The number of rotatable bonds is 4. The number of benzene rings is 1. The summed E-state index contributed by atoms with van der Waals surface area (Å²) in [5.41, 5.74) is 2.65. The molecule has 0 aliphatic carbocycles. The van der Waals surface area contributed by atoms with E-state index in [2.05, 4.69) is 0 Å². The maximum Gasteiger partial charge on any atom is 0.275 e. The van der Waals surface area contributed by atoms with Crippen LogP contribution in [0.3, 0.4) is 0 Å². The minimum Gasteiger partial charge on any atom is -0.489 e. The van der Waals surface area contributed by atoms with E-state index in [1.165, 1.54) is 17.4 Å². The Morgan fingerprint density at radius 3 is 2.79 bits per heavy atom. The summed E-state index contributed by atoms with van der Waals surface area (Å²) in [6.45, 7) is 0.0668. The van der Waals surface area contributed by atoms with Crippen LogP contribution in [-0.4, -0.2) is 5.91 Å². The topological polar surface area (TPSA) is 64.3 Å². The van der Waals surface area contributed by atoms with Crippen LogP contribution in [0.2, 0.25) is 0 Å². The van der Waals surface area contributed by atoms with Crippen molar-refractivity contribution in [2.24, 2.45) is 5.84 Å². The van der Waals surface area contributed by atoms with Crippen molar-refractivity contribution in [1.82, 2.24) is 5.43 Å². The molecule has 0 spiro atoms.